The van der Waals surface area contributed by atoms with Crippen LogP contribution in [-0.4, -0.2) is 56.5 Å². The molecule has 0 saturated carbocycles. The molecule has 0 aromatic heterocycles. The van der Waals surface area contributed by atoms with Crippen LogP contribution in [0.4, 0.5) is 0 Å². The van der Waals surface area contributed by atoms with Gasteiger partial charge in [-0.25, -0.2) is 8.42 Å². The molecular formula is C12H28N2O2S. The second-order valence-electron chi connectivity index (χ2n) is 5.90. The van der Waals surface area contributed by atoms with Gasteiger partial charge in [0.05, 0.1) is 11.0 Å². The van der Waals surface area contributed by atoms with Crippen molar-refractivity contribution in [3.8, 4) is 0 Å². The maximum atomic E-state index is 11.6. The van der Waals surface area contributed by atoms with Gasteiger partial charge in [0, 0.05) is 25.2 Å². The topological polar surface area (TPSA) is 49.4 Å². The van der Waals surface area contributed by atoms with Crippen LogP contribution in [0.25, 0.3) is 0 Å². The molecule has 0 rings (SSSR count). The van der Waals surface area contributed by atoms with Gasteiger partial charge in [-0.05, 0) is 41.7 Å². The van der Waals surface area contributed by atoms with Crippen LogP contribution in [0.5, 0.6) is 0 Å². The second kappa shape index (κ2) is 6.71. The highest BCUT2D eigenvalue weighted by atomic mass is 32.2. The fourth-order valence-electron chi connectivity index (χ4n) is 1.25. The Balaban J connectivity index is 3.85. The molecule has 0 amide bonds. The van der Waals surface area contributed by atoms with E-state index >= 15 is 0 Å². The predicted octanol–water partition coefficient (Wildman–Crippen LogP) is 1.13. The lowest BCUT2D eigenvalue weighted by Crippen LogP contribution is -2.41. The average Bonchev–Trinajstić information content (AvgIpc) is 2.12. The zero-order valence-corrected chi connectivity index (χ0v) is 12.9. The monoisotopic (exact) mass is 264 g/mol. The van der Waals surface area contributed by atoms with Crippen molar-refractivity contribution in [2.75, 3.05) is 32.4 Å². The zero-order chi connectivity index (χ0) is 13.7. The first-order valence-corrected chi connectivity index (χ1v) is 7.91. The highest BCUT2D eigenvalue weighted by Gasteiger charge is 2.16. The third kappa shape index (κ3) is 8.57. The molecule has 17 heavy (non-hydrogen) atoms. The van der Waals surface area contributed by atoms with Crippen molar-refractivity contribution >= 4 is 9.84 Å². The van der Waals surface area contributed by atoms with E-state index < -0.39 is 9.84 Å². The van der Waals surface area contributed by atoms with E-state index in [0.29, 0.717) is 6.54 Å². The van der Waals surface area contributed by atoms with E-state index in [1.54, 1.807) is 13.8 Å². The molecule has 0 atom stereocenters. The normalized spacial score (nSPS) is 13.6. The highest BCUT2D eigenvalue weighted by Crippen LogP contribution is 2.01. The van der Waals surface area contributed by atoms with Crippen LogP contribution in [0.2, 0.25) is 0 Å². The number of rotatable bonds is 7. The molecule has 0 aliphatic carbocycles. The zero-order valence-electron chi connectivity index (χ0n) is 12.1. The van der Waals surface area contributed by atoms with Gasteiger partial charge in [-0.15, -0.1) is 0 Å². The molecule has 0 saturated heterocycles. The lowest BCUT2D eigenvalue weighted by atomic mass is 10.1. The minimum absolute atomic E-state index is 0.116. The van der Waals surface area contributed by atoms with Crippen LogP contribution in [0, 0.1) is 0 Å². The van der Waals surface area contributed by atoms with Crippen molar-refractivity contribution in [1.82, 2.24) is 10.2 Å². The van der Waals surface area contributed by atoms with Crippen molar-refractivity contribution in [3.63, 3.8) is 0 Å². The number of hydrogen-bond acceptors (Lipinski definition) is 4. The second-order valence-corrected chi connectivity index (χ2v) is 8.57. The Hall–Kier alpha value is -0.130. The smallest absolute Gasteiger partial charge is 0.153 e. The molecule has 104 valence electrons. The molecule has 0 unspecified atom stereocenters. The largest absolute Gasteiger partial charge is 0.311 e. The van der Waals surface area contributed by atoms with Crippen molar-refractivity contribution in [2.45, 2.75) is 45.4 Å². The molecule has 0 aromatic carbocycles. The Morgan fingerprint density at radius 2 is 1.71 bits per heavy atom. The Morgan fingerprint density at radius 3 is 2.12 bits per heavy atom. The predicted molar refractivity (Wildman–Crippen MR) is 74.2 cm³/mol. The summed E-state index contributed by atoms with van der Waals surface area (Å²) in [6.45, 7) is 12.2. The lowest BCUT2D eigenvalue weighted by molar-refractivity contribution is 0.322. The average molecular weight is 264 g/mol. The summed E-state index contributed by atoms with van der Waals surface area (Å²) in [7, 11) is -0.950. The van der Waals surface area contributed by atoms with Crippen LogP contribution < -0.4 is 5.32 Å². The van der Waals surface area contributed by atoms with E-state index in [1.807, 2.05) is 7.05 Å². The van der Waals surface area contributed by atoms with E-state index in [9.17, 15) is 8.42 Å². The molecule has 0 fully saturated rings. The first-order valence-electron chi connectivity index (χ1n) is 6.20. The molecular weight excluding hydrogens is 236 g/mol. The van der Waals surface area contributed by atoms with E-state index in [2.05, 4.69) is 31.0 Å². The van der Waals surface area contributed by atoms with Crippen molar-refractivity contribution in [3.05, 3.63) is 0 Å². The Labute approximate surface area is 107 Å². The van der Waals surface area contributed by atoms with Crippen LogP contribution in [0.15, 0.2) is 0 Å². The van der Waals surface area contributed by atoms with Gasteiger partial charge in [0.25, 0.3) is 0 Å². The summed E-state index contributed by atoms with van der Waals surface area (Å²) in [5.41, 5.74) is 0.116. The van der Waals surface area contributed by atoms with Gasteiger partial charge in [0.1, 0.15) is 0 Å². The molecule has 5 heteroatoms. The summed E-state index contributed by atoms with van der Waals surface area (Å²) < 4.78 is 23.3. The van der Waals surface area contributed by atoms with Crippen LogP contribution in [-0.2, 0) is 9.84 Å². The van der Waals surface area contributed by atoms with Gasteiger partial charge in [-0.2, -0.15) is 0 Å². The molecule has 0 radical (unpaired) electrons. The number of nitrogens with zero attached hydrogens (tertiary/aromatic N) is 1. The highest BCUT2D eigenvalue weighted by molar-refractivity contribution is 7.92. The number of nitrogens with one attached hydrogen (secondary N) is 1. The van der Waals surface area contributed by atoms with E-state index in [-0.39, 0.29) is 16.5 Å². The van der Waals surface area contributed by atoms with Crippen LogP contribution >= 0.6 is 0 Å². The third-order valence-corrected chi connectivity index (χ3v) is 4.81. The van der Waals surface area contributed by atoms with Gasteiger partial charge >= 0.3 is 0 Å². The first kappa shape index (κ1) is 16.9. The number of hydrogen-bond donors (Lipinski definition) is 1. The fourth-order valence-corrected chi connectivity index (χ4v) is 2.29. The number of sulfone groups is 1. The SMILES string of the molecule is CC(C)S(=O)(=O)CCN(C)CCNC(C)(C)C. The molecule has 0 aliphatic heterocycles. The van der Waals surface area contributed by atoms with Gasteiger partial charge in [0.2, 0.25) is 0 Å². The quantitative estimate of drug-likeness (QED) is 0.749. The summed E-state index contributed by atoms with van der Waals surface area (Å²) in [5, 5.41) is 3.11. The molecule has 0 bridgehead atoms. The lowest BCUT2D eigenvalue weighted by Gasteiger charge is -2.23. The van der Waals surface area contributed by atoms with Crippen molar-refractivity contribution in [2.24, 2.45) is 0 Å². The van der Waals surface area contributed by atoms with Gasteiger partial charge < -0.3 is 10.2 Å². The molecule has 1 N–H and O–H groups in total. The maximum Gasteiger partial charge on any atom is 0.153 e. The van der Waals surface area contributed by atoms with E-state index in [0.717, 1.165) is 13.1 Å². The summed E-state index contributed by atoms with van der Waals surface area (Å²) in [5.74, 6) is 0.247. The van der Waals surface area contributed by atoms with Crippen LogP contribution in [0.3, 0.4) is 0 Å². The Bertz CT molecular complexity index is 305. The molecule has 4 nitrogen and oxygen atoms in total. The molecule has 0 aliphatic rings. The first-order chi connectivity index (χ1) is 7.54. The standard InChI is InChI=1S/C12H28N2O2S/c1-11(2)17(15,16)10-9-14(6)8-7-13-12(3,4)5/h11,13H,7-10H2,1-6H3. The Kier molecular flexibility index (Phi) is 6.66. The van der Waals surface area contributed by atoms with Crippen LogP contribution in [0.1, 0.15) is 34.6 Å². The van der Waals surface area contributed by atoms with Crippen molar-refractivity contribution in [1.29, 1.82) is 0 Å². The van der Waals surface area contributed by atoms with Gasteiger partial charge in [-0.3, -0.25) is 0 Å². The van der Waals surface area contributed by atoms with Gasteiger partial charge in [0.15, 0.2) is 9.84 Å². The minimum atomic E-state index is -2.91. The Morgan fingerprint density at radius 1 is 1.18 bits per heavy atom. The molecule has 0 heterocycles. The summed E-state index contributed by atoms with van der Waals surface area (Å²) in [6, 6.07) is 0. The summed E-state index contributed by atoms with van der Waals surface area (Å²) >= 11 is 0. The van der Waals surface area contributed by atoms with Gasteiger partial charge in [-0.1, -0.05) is 0 Å². The fraction of sp³-hybridized carbons (Fsp3) is 1.00. The van der Waals surface area contributed by atoms with E-state index in [1.165, 1.54) is 0 Å². The third-order valence-electron chi connectivity index (χ3n) is 2.62. The molecule has 0 aromatic rings. The molecule has 0 spiro atoms. The van der Waals surface area contributed by atoms with E-state index in [4.69, 9.17) is 0 Å². The minimum Gasteiger partial charge on any atom is -0.311 e. The number of likely N-dealkylation sites (N-methyl/N-ethyl adjacent to an activating group) is 1. The summed E-state index contributed by atoms with van der Waals surface area (Å²) in [6.07, 6.45) is 0. The maximum absolute atomic E-state index is 11.6. The summed E-state index contributed by atoms with van der Waals surface area (Å²) in [4.78, 5) is 2.05. The van der Waals surface area contributed by atoms with Crippen molar-refractivity contribution < 1.29 is 8.42 Å².